The molecular weight excluding hydrogens is 190 g/mol. The summed E-state index contributed by atoms with van der Waals surface area (Å²) in [6, 6.07) is 0. The molecule has 0 fully saturated rings. The second-order valence-electron chi connectivity index (χ2n) is 5.90. The number of hydrogen-bond acceptors (Lipinski definition) is 3. The van der Waals surface area contributed by atoms with Crippen LogP contribution >= 0.6 is 0 Å². The molecule has 0 saturated heterocycles. The minimum atomic E-state index is -0.397. The van der Waals surface area contributed by atoms with Crippen molar-refractivity contribution in [2.45, 2.75) is 47.0 Å². The summed E-state index contributed by atoms with van der Waals surface area (Å²) in [6.07, 6.45) is 1.52. The van der Waals surface area contributed by atoms with Crippen LogP contribution in [0.1, 0.15) is 57.7 Å². The fourth-order valence-electron chi connectivity index (χ4n) is 1.35. The quantitative estimate of drug-likeness (QED) is 0.667. The van der Waals surface area contributed by atoms with Gasteiger partial charge in [-0.3, -0.25) is 4.79 Å². The number of aromatic nitrogens is 1. The van der Waals surface area contributed by atoms with Crippen molar-refractivity contribution in [3.63, 3.8) is 0 Å². The lowest BCUT2D eigenvalue weighted by Gasteiger charge is -2.20. The second kappa shape index (κ2) is 3.47. The molecule has 0 aliphatic carbocycles. The van der Waals surface area contributed by atoms with Gasteiger partial charge in [-0.1, -0.05) is 46.7 Å². The first kappa shape index (κ1) is 12.0. The predicted molar refractivity (Wildman–Crippen MR) is 59.0 cm³/mol. The van der Waals surface area contributed by atoms with Gasteiger partial charge in [0.1, 0.15) is 0 Å². The van der Waals surface area contributed by atoms with Gasteiger partial charge in [-0.15, -0.1) is 0 Å². The van der Waals surface area contributed by atoms with Crippen LogP contribution in [-0.2, 0) is 5.41 Å². The monoisotopic (exact) mass is 209 g/mol. The molecule has 1 heterocycles. The molecule has 3 nitrogen and oxygen atoms in total. The summed E-state index contributed by atoms with van der Waals surface area (Å²) in [5.74, 6) is 0.746. The van der Waals surface area contributed by atoms with Crippen LogP contribution in [0.2, 0.25) is 0 Å². The molecule has 0 aromatic carbocycles. The van der Waals surface area contributed by atoms with Crippen LogP contribution in [0.4, 0.5) is 0 Å². The van der Waals surface area contributed by atoms with E-state index < -0.39 is 5.41 Å². The molecule has 0 unspecified atom stereocenters. The predicted octanol–water partition coefficient (Wildman–Crippen LogP) is 3.20. The fraction of sp³-hybridized carbons (Fsp3) is 0.667. The lowest BCUT2D eigenvalue weighted by atomic mass is 9.82. The number of carbonyl (C=O) groups is 1. The maximum Gasteiger partial charge on any atom is 0.173 e. The van der Waals surface area contributed by atoms with Gasteiger partial charge < -0.3 is 4.52 Å². The number of ketones is 1. The number of rotatable bonds is 1. The van der Waals surface area contributed by atoms with E-state index in [1.807, 2.05) is 41.5 Å². The minimum absolute atomic E-state index is 0.0775. The zero-order valence-electron chi connectivity index (χ0n) is 10.3. The van der Waals surface area contributed by atoms with E-state index in [-0.39, 0.29) is 11.2 Å². The molecule has 1 aromatic heterocycles. The Morgan fingerprint density at radius 3 is 2.13 bits per heavy atom. The van der Waals surface area contributed by atoms with Crippen LogP contribution in [0.5, 0.6) is 0 Å². The highest BCUT2D eigenvalue weighted by atomic mass is 16.5. The van der Waals surface area contributed by atoms with Crippen molar-refractivity contribution >= 4 is 5.78 Å². The first-order valence-corrected chi connectivity index (χ1v) is 5.14. The molecular formula is C12H19NO2. The largest absolute Gasteiger partial charge is 0.360 e. The summed E-state index contributed by atoms with van der Waals surface area (Å²) < 4.78 is 5.17. The van der Waals surface area contributed by atoms with Crippen LogP contribution < -0.4 is 0 Å². The van der Waals surface area contributed by atoms with E-state index in [0.29, 0.717) is 11.3 Å². The first-order valence-electron chi connectivity index (χ1n) is 5.14. The van der Waals surface area contributed by atoms with Crippen LogP contribution in [0, 0.1) is 5.41 Å². The maximum absolute atomic E-state index is 12.1. The van der Waals surface area contributed by atoms with E-state index in [0.717, 1.165) is 0 Å². The Morgan fingerprint density at radius 1 is 1.20 bits per heavy atom. The Kier molecular flexibility index (Phi) is 2.77. The van der Waals surface area contributed by atoms with E-state index >= 15 is 0 Å². The number of nitrogens with zero attached hydrogens (tertiary/aromatic N) is 1. The van der Waals surface area contributed by atoms with Crippen LogP contribution in [0.25, 0.3) is 0 Å². The third kappa shape index (κ3) is 2.46. The molecule has 0 amide bonds. The summed E-state index contributed by atoms with van der Waals surface area (Å²) in [5, 5.41) is 3.73. The summed E-state index contributed by atoms with van der Waals surface area (Å²) in [7, 11) is 0. The van der Waals surface area contributed by atoms with Gasteiger partial charge in [0.25, 0.3) is 0 Å². The van der Waals surface area contributed by atoms with Crippen LogP contribution in [0.3, 0.4) is 0 Å². The van der Waals surface area contributed by atoms with Gasteiger partial charge in [-0.2, -0.15) is 0 Å². The smallest absolute Gasteiger partial charge is 0.173 e. The van der Waals surface area contributed by atoms with Gasteiger partial charge in [-0.25, -0.2) is 0 Å². The topological polar surface area (TPSA) is 43.1 Å². The standard InChI is InChI=1S/C12H19NO2/c1-11(2,3)9(14)8-7-13-15-10(8)12(4,5)6/h7H,1-6H3. The average Bonchev–Trinajstić information content (AvgIpc) is 2.47. The molecule has 0 saturated carbocycles. The summed E-state index contributed by atoms with van der Waals surface area (Å²) in [4.78, 5) is 12.1. The highest BCUT2D eigenvalue weighted by Crippen LogP contribution is 2.30. The van der Waals surface area contributed by atoms with Crippen molar-refractivity contribution in [2.24, 2.45) is 5.41 Å². The highest BCUT2D eigenvalue weighted by molar-refractivity contribution is 6.00. The number of hydrogen-bond donors (Lipinski definition) is 0. The van der Waals surface area contributed by atoms with Gasteiger partial charge >= 0.3 is 0 Å². The van der Waals surface area contributed by atoms with Gasteiger partial charge in [0.05, 0.1) is 11.8 Å². The van der Waals surface area contributed by atoms with Crippen molar-refractivity contribution in [3.05, 3.63) is 17.5 Å². The van der Waals surface area contributed by atoms with Gasteiger partial charge in [0.2, 0.25) is 0 Å². The van der Waals surface area contributed by atoms with Crippen molar-refractivity contribution < 1.29 is 9.32 Å². The zero-order chi connectivity index (χ0) is 11.9. The molecule has 15 heavy (non-hydrogen) atoms. The van der Waals surface area contributed by atoms with Gasteiger partial charge in [-0.05, 0) is 0 Å². The van der Waals surface area contributed by atoms with Crippen molar-refractivity contribution in [3.8, 4) is 0 Å². The van der Waals surface area contributed by atoms with Crippen molar-refractivity contribution in [1.82, 2.24) is 5.16 Å². The lowest BCUT2D eigenvalue weighted by molar-refractivity contribution is 0.0854. The SMILES string of the molecule is CC(C)(C)C(=O)c1cnoc1C(C)(C)C. The van der Waals surface area contributed by atoms with E-state index in [9.17, 15) is 4.79 Å². The molecule has 0 aliphatic heterocycles. The van der Waals surface area contributed by atoms with E-state index in [4.69, 9.17) is 4.52 Å². The average molecular weight is 209 g/mol. The van der Waals surface area contributed by atoms with Crippen LogP contribution in [-0.4, -0.2) is 10.9 Å². The fourth-order valence-corrected chi connectivity index (χ4v) is 1.35. The molecule has 1 rings (SSSR count). The molecule has 0 atom stereocenters. The van der Waals surface area contributed by atoms with Crippen molar-refractivity contribution in [1.29, 1.82) is 0 Å². The molecule has 3 heteroatoms. The van der Waals surface area contributed by atoms with E-state index in [1.54, 1.807) is 0 Å². The summed E-state index contributed by atoms with van der Waals surface area (Å²) in [5.41, 5.74) is 0.0215. The zero-order valence-corrected chi connectivity index (χ0v) is 10.3. The molecule has 0 bridgehead atoms. The molecule has 84 valence electrons. The Labute approximate surface area is 90.8 Å². The first-order chi connectivity index (χ1) is 6.64. The third-order valence-corrected chi connectivity index (χ3v) is 2.18. The van der Waals surface area contributed by atoms with E-state index in [2.05, 4.69) is 5.16 Å². The summed E-state index contributed by atoms with van der Waals surface area (Å²) >= 11 is 0. The summed E-state index contributed by atoms with van der Waals surface area (Å²) in [6.45, 7) is 11.7. The molecule has 0 radical (unpaired) electrons. The minimum Gasteiger partial charge on any atom is -0.360 e. The van der Waals surface area contributed by atoms with Gasteiger partial charge in [0, 0.05) is 10.8 Å². The molecule has 1 aromatic rings. The number of Topliss-reactive ketones (excluding diaryl/α,β-unsaturated/α-hetero) is 1. The second-order valence-corrected chi connectivity index (χ2v) is 5.90. The van der Waals surface area contributed by atoms with Crippen molar-refractivity contribution in [2.75, 3.05) is 0 Å². The number of carbonyl (C=O) groups excluding carboxylic acids is 1. The Balaban J connectivity index is 3.18. The third-order valence-electron chi connectivity index (χ3n) is 2.18. The van der Waals surface area contributed by atoms with Gasteiger partial charge in [0.15, 0.2) is 11.5 Å². The Morgan fingerprint density at radius 2 is 1.73 bits per heavy atom. The Bertz CT molecular complexity index is 364. The normalized spacial score (nSPS) is 12.9. The molecule has 0 aliphatic rings. The molecule has 0 spiro atoms. The van der Waals surface area contributed by atoms with Crippen LogP contribution in [0.15, 0.2) is 10.7 Å². The van der Waals surface area contributed by atoms with E-state index in [1.165, 1.54) is 6.20 Å². The molecule has 0 N–H and O–H groups in total. The maximum atomic E-state index is 12.1. The Hall–Kier alpha value is -1.12. The highest BCUT2D eigenvalue weighted by Gasteiger charge is 2.32. The lowest BCUT2D eigenvalue weighted by Crippen LogP contribution is -2.23.